The summed E-state index contributed by atoms with van der Waals surface area (Å²) >= 11 is 0. The lowest BCUT2D eigenvalue weighted by molar-refractivity contribution is 0.0647. The van der Waals surface area contributed by atoms with Gasteiger partial charge in [0.2, 0.25) is 0 Å². The number of ether oxygens (including phenoxy) is 2. The zero-order valence-electron chi connectivity index (χ0n) is 12.8. The highest BCUT2D eigenvalue weighted by Crippen LogP contribution is 2.22. The van der Waals surface area contributed by atoms with Crippen LogP contribution in [0.15, 0.2) is 48.5 Å². The van der Waals surface area contributed by atoms with Crippen LogP contribution >= 0.6 is 0 Å². The maximum absolute atomic E-state index is 12.2. The molecule has 0 atom stereocenters. The van der Waals surface area contributed by atoms with Gasteiger partial charge in [0.05, 0.1) is 24.8 Å². The van der Waals surface area contributed by atoms with Crippen LogP contribution in [0.25, 0.3) is 0 Å². The zero-order chi connectivity index (χ0) is 16.2. The lowest BCUT2D eigenvalue weighted by Gasteiger charge is -2.14. The van der Waals surface area contributed by atoms with Crippen molar-refractivity contribution < 1.29 is 19.1 Å². The zero-order valence-corrected chi connectivity index (χ0v) is 12.8. The number of rotatable bonds is 6. The summed E-state index contributed by atoms with van der Waals surface area (Å²) in [5, 5.41) is 0. The molecule has 0 saturated carbocycles. The van der Waals surface area contributed by atoms with Gasteiger partial charge in [0.25, 0.3) is 11.8 Å². The first-order valence-corrected chi connectivity index (χ1v) is 7.43. The minimum Gasteiger partial charge on any atom is -0.497 e. The predicted molar refractivity (Wildman–Crippen MR) is 84.9 cm³/mol. The molecule has 1 aliphatic rings. The van der Waals surface area contributed by atoms with Crippen LogP contribution < -0.4 is 9.47 Å². The molecule has 0 aromatic heterocycles. The summed E-state index contributed by atoms with van der Waals surface area (Å²) in [7, 11) is 1.61. The highest BCUT2D eigenvalue weighted by Gasteiger charge is 2.34. The van der Waals surface area contributed by atoms with Gasteiger partial charge in [-0.2, -0.15) is 0 Å². The maximum Gasteiger partial charge on any atom is 0.261 e. The van der Waals surface area contributed by atoms with Crippen LogP contribution in [-0.4, -0.2) is 37.0 Å². The summed E-state index contributed by atoms with van der Waals surface area (Å²) in [6.07, 6.45) is 0.581. The van der Waals surface area contributed by atoms with Crippen molar-refractivity contribution in [2.75, 3.05) is 20.3 Å². The molecule has 3 rings (SSSR count). The van der Waals surface area contributed by atoms with E-state index in [0.717, 1.165) is 11.5 Å². The third-order valence-corrected chi connectivity index (χ3v) is 3.73. The van der Waals surface area contributed by atoms with Gasteiger partial charge in [-0.1, -0.05) is 12.1 Å². The standard InChI is InChI=1S/C18H17NO4/c1-22-13-7-9-14(10-8-13)23-12-4-11-19-17(20)15-5-2-3-6-16(15)18(19)21/h2-3,5-10H,4,11-12H2,1H3. The van der Waals surface area contributed by atoms with Crippen molar-refractivity contribution in [1.29, 1.82) is 0 Å². The highest BCUT2D eigenvalue weighted by atomic mass is 16.5. The minimum absolute atomic E-state index is 0.227. The number of imide groups is 1. The first-order valence-electron chi connectivity index (χ1n) is 7.43. The Kier molecular flexibility index (Phi) is 4.28. The van der Waals surface area contributed by atoms with Gasteiger partial charge in [-0.15, -0.1) is 0 Å². The molecule has 0 unspecified atom stereocenters. The number of methoxy groups -OCH3 is 1. The van der Waals surface area contributed by atoms with E-state index in [9.17, 15) is 9.59 Å². The largest absolute Gasteiger partial charge is 0.497 e. The summed E-state index contributed by atoms with van der Waals surface area (Å²) in [5.41, 5.74) is 0.960. The number of benzene rings is 2. The SMILES string of the molecule is COc1ccc(OCCCN2C(=O)c3ccccc3C2=O)cc1. The van der Waals surface area contributed by atoms with Crippen LogP contribution in [0.5, 0.6) is 11.5 Å². The average molecular weight is 311 g/mol. The number of nitrogens with zero attached hydrogens (tertiary/aromatic N) is 1. The fourth-order valence-electron chi connectivity index (χ4n) is 2.53. The second-order valence-electron chi connectivity index (χ2n) is 5.19. The molecule has 5 heteroatoms. The van der Waals surface area contributed by atoms with E-state index in [1.54, 1.807) is 31.4 Å². The van der Waals surface area contributed by atoms with E-state index in [0.29, 0.717) is 30.7 Å². The monoisotopic (exact) mass is 311 g/mol. The maximum atomic E-state index is 12.2. The summed E-state index contributed by atoms with van der Waals surface area (Å²) in [4.78, 5) is 25.7. The van der Waals surface area contributed by atoms with Gasteiger partial charge < -0.3 is 9.47 Å². The van der Waals surface area contributed by atoms with Crippen LogP contribution in [0.4, 0.5) is 0 Å². The van der Waals surface area contributed by atoms with Crippen LogP contribution in [0, 0.1) is 0 Å². The molecule has 2 aromatic rings. The predicted octanol–water partition coefficient (Wildman–Crippen LogP) is 2.76. The topological polar surface area (TPSA) is 55.8 Å². The third-order valence-electron chi connectivity index (χ3n) is 3.73. The Morgan fingerprint density at radius 3 is 2.00 bits per heavy atom. The van der Waals surface area contributed by atoms with E-state index < -0.39 is 0 Å². The van der Waals surface area contributed by atoms with E-state index in [4.69, 9.17) is 9.47 Å². The summed E-state index contributed by atoms with van der Waals surface area (Å²) in [6, 6.07) is 14.2. The smallest absolute Gasteiger partial charge is 0.261 e. The molecule has 0 spiro atoms. The fraction of sp³-hybridized carbons (Fsp3) is 0.222. The van der Waals surface area contributed by atoms with E-state index in [1.165, 1.54) is 4.90 Å². The number of amides is 2. The van der Waals surface area contributed by atoms with Crippen molar-refractivity contribution in [3.63, 3.8) is 0 Å². The van der Waals surface area contributed by atoms with Crippen molar-refractivity contribution in [2.24, 2.45) is 0 Å². The number of fused-ring (bicyclic) bond motifs is 1. The molecule has 2 amide bonds. The van der Waals surface area contributed by atoms with Crippen molar-refractivity contribution in [1.82, 2.24) is 4.90 Å². The van der Waals surface area contributed by atoms with Gasteiger partial charge in [-0.25, -0.2) is 0 Å². The van der Waals surface area contributed by atoms with Crippen LogP contribution in [0.3, 0.4) is 0 Å². The molecule has 0 fully saturated rings. The second-order valence-corrected chi connectivity index (χ2v) is 5.19. The van der Waals surface area contributed by atoms with E-state index >= 15 is 0 Å². The Morgan fingerprint density at radius 1 is 0.870 bits per heavy atom. The van der Waals surface area contributed by atoms with Gasteiger partial charge >= 0.3 is 0 Å². The Labute approximate surface area is 134 Å². The van der Waals surface area contributed by atoms with Crippen molar-refractivity contribution in [3.8, 4) is 11.5 Å². The number of hydrogen-bond donors (Lipinski definition) is 0. The number of carbonyl (C=O) groups is 2. The normalized spacial score (nSPS) is 13.2. The molecule has 0 saturated heterocycles. The van der Waals surface area contributed by atoms with E-state index in [-0.39, 0.29) is 11.8 Å². The highest BCUT2D eigenvalue weighted by molar-refractivity contribution is 6.21. The molecule has 0 N–H and O–H groups in total. The van der Waals surface area contributed by atoms with Crippen LogP contribution in [0.1, 0.15) is 27.1 Å². The molecule has 0 bridgehead atoms. The van der Waals surface area contributed by atoms with Gasteiger partial charge in [0, 0.05) is 6.54 Å². The Morgan fingerprint density at radius 2 is 1.43 bits per heavy atom. The van der Waals surface area contributed by atoms with Crippen molar-refractivity contribution in [3.05, 3.63) is 59.7 Å². The Hall–Kier alpha value is -2.82. The molecule has 1 aliphatic heterocycles. The minimum atomic E-state index is -0.227. The molecule has 0 aliphatic carbocycles. The molecule has 1 heterocycles. The van der Waals surface area contributed by atoms with E-state index in [2.05, 4.69) is 0 Å². The van der Waals surface area contributed by atoms with Gasteiger partial charge in [0.1, 0.15) is 11.5 Å². The second kappa shape index (κ2) is 6.52. The van der Waals surface area contributed by atoms with Crippen LogP contribution in [-0.2, 0) is 0 Å². The molecule has 0 radical (unpaired) electrons. The molecule has 2 aromatic carbocycles. The van der Waals surface area contributed by atoms with Crippen LogP contribution in [0.2, 0.25) is 0 Å². The van der Waals surface area contributed by atoms with E-state index in [1.807, 2.05) is 24.3 Å². The van der Waals surface area contributed by atoms with Gasteiger partial charge in [-0.3, -0.25) is 14.5 Å². The molecular formula is C18H17NO4. The number of carbonyl (C=O) groups excluding carboxylic acids is 2. The molecule has 5 nitrogen and oxygen atoms in total. The third kappa shape index (κ3) is 3.04. The van der Waals surface area contributed by atoms with Crippen molar-refractivity contribution >= 4 is 11.8 Å². The lowest BCUT2D eigenvalue weighted by atomic mass is 10.1. The van der Waals surface area contributed by atoms with Gasteiger partial charge in [-0.05, 0) is 42.8 Å². The van der Waals surface area contributed by atoms with Gasteiger partial charge in [0.15, 0.2) is 0 Å². The first kappa shape index (κ1) is 15.1. The Balaban J connectivity index is 1.51. The Bertz CT molecular complexity index is 689. The lowest BCUT2D eigenvalue weighted by Crippen LogP contribution is -2.31. The molecular weight excluding hydrogens is 294 g/mol. The summed E-state index contributed by atoms with van der Waals surface area (Å²) in [6.45, 7) is 0.780. The van der Waals surface area contributed by atoms with Crippen molar-refractivity contribution in [2.45, 2.75) is 6.42 Å². The first-order chi connectivity index (χ1) is 11.2. The fourth-order valence-corrected chi connectivity index (χ4v) is 2.53. The summed E-state index contributed by atoms with van der Waals surface area (Å²) < 4.78 is 10.7. The number of hydrogen-bond acceptors (Lipinski definition) is 4. The average Bonchev–Trinajstić information content (AvgIpc) is 2.84. The quantitative estimate of drug-likeness (QED) is 0.608. The molecule has 118 valence electrons. The molecule has 23 heavy (non-hydrogen) atoms. The summed E-state index contributed by atoms with van der Waals surface area (Å²) in [5.74, 6) is 1.04.